The summed E-state index contributed by atoms with van der Waals surface area (Å²) in [4.78, 5) is 0. The van der Waals surface area contributed by atoms with Crippen molar-refractivity contribution in [1.82, 2.24) is 5.32 Å². The fourth-order valence-corrected chi connectivity index (χ4v) is 3.47. The van der Waals surface area contributed by atoms with Crippen molar-refractivity contribution in [1.29, 1.82) is 0 Å². The van der Waals surface area contributed by atoms with Crippen LogP contribution < -0.4 is 10.1 Å². The predicted octanol–water partition coefficient (Wildman–Crippen LogP) is 3.68. The minimum absolute atomic E-state index is 0.0177. The molecule has 0 unspecified atom stereocenters. The number of hydrogen-bond acceptors (Lipinski definition) is 2. The highest BCUT2D eigenvalue weighted by molar-refractivity contribution is 9.10. The number of ether oxygens (including phenoxy) is 1. The molecule has 0 aromatic heterocycles. The van der Waals surface area contributed by atoms with E-state index in [1.807, 2.05) is 12.1 Å². The van der Waals surface area contributed by atoms with Gasteiger partial charge in [-0.3, -0.25) is 0 Å². The van der Waals surface area contributed by atoms with Crippen molar-refractivity contribution in [3.05, 3.63) is 63.9 Å². The first-order valence-electron chi connectivity index (χ1n) is 6.92. The molecule has 0 aliphatic carbocycles. The summed E-state index contributed by atoms with van der Waals surface area (Å²) in [6.07, 6.45) is 0.881. The van der Waals surface area contributed by atoms with Crippen LogP contribution in [-0.4, -0.2) is 20.2 Å². The van der Waals surface area contributed by atoms with Gasteiger partial charge in [-0.2, -0.15) is 0 Å². The fraction of sp³-hybridized carbons (Fsp3) is 0.294. The summed E-state index contributed by atoms with van der Waals surface area (Å²) < 4.78 is 19.7. The van der Waals surface area contributed by atoms with Crippen molar-refractivity contribution in [3.63, 3.8) is 0 Å². The maximum Gasteiger partial charge on any atom is 0.133 e. The fourth-order valence-electron chi connectivity index (χ4n) is 2.89. The minimum atomic E-state index is -0.172. The Hall–Kier alpha value is -1.39. The molecule has 0 spiro atoms. The van der Waals surface area contributed by atoms with E-state index in [9.17, 15) is 4.39 Å². The van der Waals surface area contributed by atoms with E-state index in [-0.39, 0.29) is 11.2 Å². The molecule has 0 saturated carbocycles. The van der Waals surface area contributed by atoms with Crippen LogP contribution in [0.1, 0.15) is 11.1 Å². The average Bonchev–Trinajstić information content (AvgIpc) is 2.43. The summed E-state index contributed by atoms with van der Waals surface area (Å²) in [6, 6.07) is 13.1. The number of rotatable bonds is 4. The smallest absolute Gasteiger partial charge is 0.133 e. The van der Waals surface area contributed by atoms with Gasteiger partial charge in [0, 0.05) is 18.5 Å². The van der Waals surface area contributed by atoms with Gasteiger partial charge in [0.25, 0.3) is 0 Å². The highest BCUT2D eigenvalue weighted by Gasteiger charge is 2.38. The predicted molar refractivity (Wildman–Crippen MR) is 85.3 cm³/mol. The Morgan fingerprint density at radius 3 is 2.62 bits per heavy atom. The Labute approximate surface area is 132 Å². The lowest BCUT2D eigenvalue weighted by atomic mass is 9.71. The normalized spacial score (nSPS) is 16.3. The van der Waals surface area contributed by atoms with Crippen LogP contribution in [-0.2, 0) is 11.8 Å². The van der Waals surface area contributed by atoms with Crippen LogP contribution in [0.25, 0.3) is 0 Å². The Morgan fingerprint density at radius 2 is 2.05 bits per heavy atom. The van der Waals surface area contributed by atoms with Gasteiger partial charge in [0.05, 0.1) is 11.6 Å². The van der Waals surface area contributed by atoms with Gasteiger partial charge in [-0.1, -0.05) is 18.2 Å². The molecule has 2 aromatic carbocycles. The van der Waals surface area contributed by atoms with Gasteiger partial charge in [0.15, 0.2) is 0 Å². The molecular formula is C17H17BrFNO. The van der Waals surface area contributed by atoms with Gasteiger partial charge in [0.1, 0.15) is 11.6 Å². The molecule has 1 heterocycles. The number of methoxy groups -OCH3 is 1. The molecule has 0 radical (unpaired) electrons. The van der Waals surface area contributed by atoms with Crippen LogP contribution in [0, 0.1) is 5.82 Å². The molecule has 1 aliphatic rings. The second-order valence-corrected chi connectivity index (χ2v) is 6.39. The lowest BCUT2D eigenvalue weighted by Gasteiger charge is -2.43. The van der Waals surface area contributed by atoms with Gasteiger partial charge in [-0.25, -0.2) is 4.39 Å². The Morgan fingerprint density at radius 1 is 1.24 bits per heavy atom. The Balaban J connectivity index is 1.89. The second kappa shape index (κ2) is 5.78. The first-order valence-corrected chi connectivity index (χ1v) is 7.71. The highest BCUT2D eigenvalue weighted by atomic mass is 79.9. The standard InChI is InChI=1S/C17H17BrFNO/c1-21-16-6-5-12(7-15(16)18)9-17(10-20-11-17)13-3-2-4-14(19)8-13/h2-8,20H,9-11H2,1H3. The molecule has 1 N–H and O–H groups in total. The van der Waals surface area contributed by atoms with Crippen LogP contribution in [0.2, 0.25) is 0 Å². The van der Waals surface area contributed by atoms with Crippen LogP contribution >= 0.6 is 15.9 Å². The van der Waals surface area contributed by atoms with Crippen LogP contribution in [0.3, 0.4) is 0 Å². The summed E-state index contributed by atoms with van der Waals surface area (Å²) in [5.41, 5.74) is 2.26. The molecular weight excluding hydrogens is 333 g/mol. The lowest BCUT2D eigenvalue weighted by Crippen LogP contribution is -2.58. The quantitative estimate of drug-likeness (QED) is 0.908. The number of benzene rings is 2. The summed E-state index contributed by atoms with van der Waals surface area (Å²) >= 11 is 3.52. The average molecular weight is 350 g/mol. The minimum Gasteiger partial charge on any atom is -0.496 e. The van der Waals surface area contributed by atoms with Gasteiger partial charge in [-0.05, 0) is 57.7 Å². The number of halogens is 2. The molecule has 0 amide bonds. The third-order valence-electron chi connectivity index (χ3n) is 4.12. The third-order valence-corrected chi connectivity index (χ3v) is 4.74. The topological polar surface area (TPSA) is 21.3 Å². The monoisotopic (exact) mass is 349 g/mol. The van der Waals surface area contributed by atoms with Crippen LogP contribution in [0.5, 0.6) is 5.75 Å². The molecule has 1 saturated heterocycles. The van der Waals surface area contributed by atoms with Crippen molar-refractivity contribution in [2.24, 2.45) is 0 Å². The van der Waals surface area contributed by atoms with Crippen molar-refractivity contribution >= 4 is 15.9 Å². The van der Waals surface area contributed by atoms with E-state index in [2.05, 4.69) is 33.4 Å². The summed E-state index contributed by atoms with van der Waals surface area (Å²) in [6.45, 7) is 1.75. The molecule has 110 valence electrons. The highest BCUT2D eigenvalue weighted by Crippen LogP contribution is 2.35. The first kappa shape index (κ1) is 14.5. The zero-order valence-corrected chi connectivity index (χ0v) is 13.4. The van der Waals surface area contributed by atoms with E-state index in [4.69, 9.17) is 4.74 Å². The second-order valence-electron chi connectivity index (χ2n) is 5.54. The summed E-state index contributed by atoms with van der Waals surface area (Å²) in [5.74, 6) is 0.653. The SMILES string of the molecule is COc1ccc(CC2(c3cccc(F)c3)CNC2)cc1Br. The zero-order chi connectivity index (χ0) is 14.9. The van der Waals surface area contributed by atoms with Crippen molar-refractivity contribution < 1.29 is 9.13 Å². The molecule has 2 nitrogen and oxygen atoms in total. The van der Waals surface area contributed by atoms with Gasteiger partial charge < -0.3 is 10.1 Å². The van der Waals surface area contributed by atoms with Crippen LogP contribution in [0.15, 0.2) is 46.9 Å². The maximum atomic E-state index is 13.5. The Kier molecular flexibility index (Phi) is 4.00. The molecule has 2 aromatic rings. The molecule has 21 heavy (non-hydrogen) atoms. The van der Waals surface area contributed by atoms with Gasteiger partial charge in [-0.15, -0.1) is 0 Å². The van der Waals surface area contributed by atoms with Gasteiger partial charge >= 0.3 is 0 Å². The largest absolute Gasteiger partial charge is 0.496 e. The molecule has 1 fully saturated rings. The molecule has 0 bridgehead atoms. The van der Waals surface area contributed by atoms with E-state index in [1.54, 1.807) is 19.2 Å². The summed E-state index contributed by atoms with van der Waals surface area (Å²) in [7, 11) is 1.66. The van der Waals surface area contributed by atoms with Crippen LogP contribution in [0.4, 0.5) is 4.39 Å². The van der Waals surface area contributed by atoms with Crippen molar-refractivity contribution in [2.75, 3.05) is 20.2 Å². The maximum absolute atomic E-state index is 13.5. The van der Waals surface area contributed by atoms with E-state index < -0.39 is 0 Å². The van der Waals surface area contributed by atoms with Crippen molar-refractivity contribution in [2.45, 2.75) is 11.8 Å². The number of hydrogen-bond donors (Lipinski definition) is 1. The molecule has 0 atom stereocenters. The van der Waals surface area contributed by atoms with E-state index in [0.29, 0.717) is 0 Å². The summed E-state index contributed by atoms with van der Waals surface area (Å²) in [5, 5.41) is 3.32. The number of nitrogens with one attached hydrogen (secondary N) is 1. The zero-order valence-electron chi connectivity index (χ0n) is 11.8. The lowest BCUT2D eigenvalue weighted by molar-refractivity contribution is 0.273. The molecule has 3 rings (SSSR count). The Bertz CT molecular complexity index is 655. The van der Waals surface area contributed by atoms with Crippen molar-refractivity contribution in [3.8, 4) is 5.75 Å². The molecule has 1 aliphatic heterocycles. The third kappa shape index (κ3) is 2.83. The van der Waals surface area contributed by atoms with Gasteiger partial charge in [0.2, 0.25) is 0 Å². The molecule has 4 heteroatoms. The van der Waals surface area contributed by atoms with E-state index in [1.165, 1.54) is 11.6 Å². The van der Waals surface area contributed by atoms with E-state index in [0.717, 1.165) is 35.3 Å². The first-order chi connectivity index (χ1) is 10.1. The van der Waals surface area contributed by atoms with E-state index >= 15 is 0 Å².